The Hall–Kier alpha value is -2.59. The average molecular weight is 350 g/mol. The van der Waals surface area contributed by atoms with Gasteiger partial charge in [0.2, 0.25) is 0 Å². The molecule has 4 nitrogen and oxygen atoms in total. The zero-order valence-electron chi connectivity index (χ0n) is 15.1. The maximum atomic E-state index is 12.8. The Morgan fingerprint density at radius 1 is 1.00 bits per heavy atom. The van der Waals surface area contributed by atoms with E-state index < -0.39 is 0 Å². The highest BCUT2D eigenvalue weighted by molar-refractivity contribution is 5.94. The molecule has 2 aromatic carbocycles. The van der Waals surface area contributed by atoms with E-state index in [1.165, 1.54) is 0 Å². The maximum absolute atomic E-state index is 12.8. The average Bonchev–Trinajstić information content (AvgIpc) is 2.93. The Morgan fingerprint density at radius 3 is 2.50 bits per heavy atom. The van der Waals surface area contributed by atoms with Gasteiger partial charge in [-0.2, -0.15) is 0 Å². The monoisotopic (exact) mass is 350 g/mol. The molecule has 1 aliphatic heterocycles. The topological polar surface area (TPSA) is 32.8 Å². The van der Waals surface area contributed by atoms with Gasteiger partial charge in [0.25, 0.3) is 5.91 Å². The van der Waals surface area contributed by atoms with Gasteiger partial charge < -0.3 is 9.64 Å². The van der Waals surface area contributed by atoms with Crippen LogP contribution in [-0.2, 0) is 6.61 Å². The minimum absolute atomic E-state index is 0.0973. The molecule has 0 spiro atoms. The van der Waals surface area contributed by atoms with E-state index >= 15 is 0 Å². The Bertz CT molecular complexity index is 713. The first kappa shape index (κ1) is 18.2. The van der Waals surface area contributed by atoms with Crippen molar-refractivity contribution >= 4 is 5.91 Å². The second kappa shape index (κ2) is 9.20. The van der Waals surface area contributed by atoms with Crippen molar-refractivity contribution < 1.29 is 9.53 Å². The second-order valence-corrected chi connectivity index (χ2v) is 6.53. The summed E-state index contributed by atoms with van der Waals surface area (Å²) >= 11 is 0. The van der Waals surface area contributed by atoms with Crippen molar-refractivity contribution in [2.24, 2.45) is 0 Å². The fourth-order valence-corrected chi connectivity index (χ4v) is 3.16. The van der Waals surface area contributed by atoms with Crippen molar-refractivity contribution in [1.29, 1.82) is 0 Å². The first-order valence-electron chi connectivity index (χ1n) is 9.15. The van der Waals surface area contributed by atoms with Crippen LogP contribution in [0.15, 0.2) is 67.3 Å². The van der Waals surface area contributed by atoms with Gasteiger partial charge in [0, 0.05) is 38.3 Å². The van der Waals surface area contributed by atoms with E-state index in [0.29, 0.717) is 12.2 Å². The molecule has 0 radical (unpaired) electrons. The van der Waals surface area contributed by atoms with Crippen LogP contribution < -0.4 is 4.74 Å². The summed E-state index contributed by atoms with van der Waals surface area (Å²) in [4.78, 5) is 17.0. The molecule has 0 unspecified atom stereocenters. The lowest BCUT2D eigenvalue weighted by Crippen LogP contribution is -2.35. The van der Waals surface area contributed by atoms with Crippen LogP contribution in [0.1, 0.15) is 22.3 Å². The molecule has 26 heavy (non-hydrogen) atoms. The van der Waals surface area contributed by atoms with Gasteiger partial charge >= 0.3 is 0 Å². The third-order valence-electron chi connectivity index (χ3n) is 4.61. The summed E-state index contributed by atoms with van der Waals surface area (Å²) in [6.45, 7) is 8.69. The number of ether oxygens (including phenoxy) is 1. The van der Waals surface area contributed by atoms with E-state index in [2.05, 4.69) is 11.5 Å². The molecule has 1 amide bonds. The van der Waals surface area contributed by atoms with Crippen molar-refractivity contribution in [1.82, 2.24) is 9.80 Å². The number of benzene rings is 2. The highest BCUT2D eigenvalue weighted by Crippen LogP contribution is 2.16. The van der Waals surface area contributed by atoms with Crippen molar-refractivity contribution in [3.05, 3.63) is 78.4 Å². The standard InChI is InChI=1S/C22H26N2O2/c1-2-13-23-14-6-15-24(17-16-23)22(25)20-9-11-21(12-10-20)26-18-19-7-4-3-5-8-19/h2-5,7-12H,1,6,13-18H2. The summed E-state index contributed by atoms with van der Waals surface area (Å²) < 4.78 is 5.79. The van der Waals surface area contributed by atoms with Crippen molar-refractivity contribution in [3.63, 3.8) is 0 Å². The van der Waals surface area contributed by atoms with E-state index in [4.69, 9.17) is 4.74 Å². The molecule has 1 saturated heterocycles. The molecule has 4 heteroatoms. The molecule has 0 aliphatic carbocycles. The van der Waals surface area contributed by atoms with Gasteiger partial charge in [0.05, 0.1) is 0 Å². The number of nitrogens with zero attached hydrogens (tertiary/aromatic N) is 2. The third kappa shape index (κ3) is 4.96. The Labute approximate surface area is 155 Å². The fourth-order valence-electron chi connectivity index (χ4n) is 3.16. The molecule has 3 rings (SSSR count). The molecule has 0 saturated carbocycles. The smallest absolute Gasteiger partial charge is 0.253 e. The molecule has 0 bridgehead atoms. The van der Waals surface area contributed by atoms with Crippen molar-refractivity contribution in [3.8, 4) is 5.75 Å². The molecular weight excluding hydrogens is 324 g/mol. The van der Waals surface area contributed by atoms with E-state index in [0.717, 1.165) is 50.5 Å². The van der Waals surface area contributed by atoms with Gasteiger partial charge in [-0.1, -0.05) is 36.4 Å². The largest absolute Gasteiger partial charge is 0.489 e. The molecule has 0 N–H and O–H groups in total. The second-order valence-electron chi connectivity index (χ2n) is 6.53. The molecule has 1 fully saturated rings. The fraction of sp³-hybridized carbons (Fsp3) is 0.318. The molecule has 1 heterocycles. The van der Waals surface area contributed by atoms with Gasteiger partial charge in [0.15, 0.2) is 0 Å². The molecule has 2 aromatic rings. The van der Waals surface area contributed by atoms with Crippen molar-refractivity contribution in [2.45, 2.75) is 13.0 Å². The van der Waals surface area contributed by atoms with Crippen LogP contribution in [0.25, 0.3) is 0 Å². The zero-order valence-corrected chi connectivity index (χ0v) is 15.1. The van der Waals surface area contributed by atoms with E-state index in [1.807, 2.05) is 65.6 Å². The maximum Gasteiger partial charge on any atom is 0.253 e. The number of carbonyl (C=O) groups excluding carboxylic acids is 1. The van der Waals surface area contributed by atoms with Crippen LogP contribution in [0.2, 0.25) is 0 Å². The van der Waals surface area contributed by atoms with Crippen LogP contribution in [0.3, 0.4) is 0 Å². The number of amides is 1. The van der Waals surface area contributed by atoms with E-state index in [9.17, 15) is 4.79 Å². The highest BCUT2D eigenvalue weighted by atomic mass is 16.5. The molecule has 1 aliphatic rings. The minimum atomic E-state index is 0.0973. The zero-order chi connectivity index (χ0) is 18.2. The number of hydrogen-bond donors (Lipinski definition) is 0. The summed E-state index contributed by atoms with van der Waals surface area (Å²) in [5, 5.41) is 0. The van der Waals surface area contributed by atoms with Crippen LogP contribution in [0.4, 0.5) is 0 Å². The predicted octanol–water partition coefficient (Wildman–Crippen LogP) is 3.60. The minimum Gasteiger partial charge on any atom is -0.489 e. The molecule has 136 valence electrons. The SMILES string of the molecule is C=CCN1CCCN(C(=O)c2ccc(OCc3ccccc3)cc2)CC1. The first-order chi connectivity index (χ1) is 12.8. The number of hydrogen-bond acceptors (Lipinski definition) is 3. The van der Waals surface area contributed by atoms with E-state index in [-0.39, 0.29) is 5.91 Å². The Morgan fingerprint density at radius 2 is 1.77 bits per heavy atom. The van der Waals surface area contributed by atoms with Crippen LogP contribution >= 0.6 is 0 Å². The number of rotatable bonds is 6. The lowest BCUT2D eigenvalue weighted by atomic mass is 10.2. The van der Waals surface area contributed by atoms with Gasteiger partial charge in [0.1, 0.15) is 12.4 Å². The molecule has 0 atom stereocenters. The third-order valence-corrected chi connectivity index (χ3v) is 4.61. The summed E-state index contributed by atoms with van der Waals surface area (Å²) in [6.07, 6.45) is 2.92. The lowest BCUT2D eigenvalue weighted by Gasteiger charge is -2.21. The Balaban J connectivity index is 1.55. The molecular formula is C22H26N2O2. The Kier molecular flexibility index (Phi) is 6.45. The van der Waals surface area contributed by atoms with Gasteiger partial charge in [-0.3, -0.25) is 9.69 Å². The van der Waals surface area contributed by atoms with Crippen LogP contribution in [-0.4, -0.2) is 48.4 Å². The highest BCUT2D eigenvalue weighted by Gasteiger charge is 2.19. The van der Waals surface area contributed by atoms with Gasteiger partial charge in [-0.05, 0) is 36.2 Å². The van der Waals surface area contributed by atoms with Crippen LogP contribution in [0, 0.1) is 0 Å². The van der Waals surface area contributed by atoms with Crippen molar-refractivity contribution in [2.75, 3.05) is 32.7 Å². The summed E-state index contributed by atoms with van der Waals surface area (Å²) in [5.41, 5.74) is 1.84. The summed E-state index contributed by atoms with van der Waals surface area (Å²) in [7, 11) is 0. The van der Waals surface area contributed by atoms with Gasteiger partial charge in [-0.25, -0.2) is 0 Å². The summed E-state index contributed by atoms with van der Waals surface area (Å²) in [5.74, 6) is 0.874. The quantitative estimate of drug-likeness (QED) is 0.746. The molecule has 0 aromatic heterocycles. The van der Waals surface area contributed by atoms with E-state index in [1.54, 1.807) is 0 Å². The predicted molar refractivity (Wildman–Crippen MR) is 104 cm³/mol. The number of carbonyl (C=O) groups is 1. The van der Waals surface area contributed by atoms with Crippen LogP contribution in [0.5, 0.6) is 5.75 Å². The van der Waals surface area contributed by atoms with Gasteiger partial charge in [-0.15, -0.1) is 6.58 Å². The first-order valence-corrected chi connectivity index (χ1v) is 9.15. The summed E-state index contributed by atoms with van der Waals surface area (Å²) in [6, 6.07) is 17.5. The normalized spacial score (nSPS) is 15.3. The lowest BCUT2D eigenvalue weighted by molar-refractivity contribution is 0.0762.